The highest BCUT2D eigenvalue weighted by Gasteiger charge is 2.27. The molecule has 1 atom stereocenters. The Morgan fingerprint density at radius 1 is 1.08 bits per heavy atom. The number of hydrogen-bond donors (Lipinski definition) is 1. The molecule has 2 aliphatic rings. The summed E-state index contributed by atoms with van der Waals surface area (Å²) >= 11 is 1.70. The second kappa shape index (κ2) is 6.52. The van der Waals surface area contributed by atoms with Crippen LogP contribution in [0, 0.1) is 0 Å². The summed E-state index contributed by atoms with van der Waals surface area (Å²) in [5, 5.41) is 3.37. The Labute approximate surface area is 146 Å². The second-order valence-electron chi connectivity index (χ2n) is 6.39. The number of methoxy groups -OCH3 is 1. The maximum absolute atomic E-state index is 12.3. The fourth-order valence-electron chi connectivity index (χ4n) is 3.69. The summed E-state index contributed by atoms with van der Waals surface area (Å²) in [5.74, 6) is 1.45. The number of carbonyl (C=O) groups excluding carboxylic acids is 1. The summed E-state index contributed by atoms with van der Waals surface area (Å²) in [6.07, 6.45) is 4.65. The number of rotatable bonds is 2. The van der Waals surface area contributed by atoms with E-state index < -0.39 is 0 Å². The Kier molecular flexibility index (Phi) is 4.23. The lowest BCUT2D eigenvalue weighted by Gasteiger charge is -2.24. The normalized spacial score (nSPS) is 19.7. The highest BCUT2D eigenvalue weighted by Crippen LogP contribution is 2.44. The molecule has 0 saturated carbocycles. The van der Waals surface area contributed by atoms with Gasteiger partial charge in [0.1, 0.15) is 5.75 Å². The molecule has 1 N–H and O–H groups in total. The van der Waals surface area contributed by atoms with Crippen molar-refractivity contribution in [2.24, 2.45) is 0 Å². The van der Waals surface area contributed by atoms with Gasteiger partial charge in [0, 0.05) is 5.69 Å². The van der Waals surface area contributed by atoms with Crippen LogP contribution in [0.25, 0.3) is 0 Å². The summed E-state index contributed by atoms with van der Waals surface area (Å²) in [5.41, 5.74) is 6.28. The van der Waals surface area contributed by atoms with Crippen LogP contribution in [0.1, 0.15) is 40.3 Å². The minimum atomic E-state index is 0.108. The number of thioether (sulfide) groups is 1. The minimum absolute atomic E-state index is 0.108. The van der Waals surface area contributed by atoms with Gasteiger partial charge in [-0.05, 0) is 60.1 Å². The minimum Gasteiger partial charge on any atom is -0.497 e. The van der Waals surface area contributed by atoms with Gasteiger partial charge in [-0.3, -0.25) is 4.79 Å². The van der Waals surface area contributed by atoms with Crippen LogP contribution in [-0.2, 0) is 17.6 Å². The standard InChI is InChI=1S/C20H21NO2S/c1-23-15-9-6-14(7-10-15)20-17-11-8-13-4-2-3-5-16(13)19(17)21-18(22)12-24-20/h6-11,20H,2-5,12H2,1H3,(H,21,22). The third-order valence-corrected chi connectivity index (χ3v) is 6.20. The first-order valence-electron chi connectivity index (χ1n) is 8.46. The molecule has 4 heteroatoms. The number of amides is 1. The van der Waals surface area contributed by atoms with E-state index in [2.05, 4.69) is 29.6 Å². The summed E-state index contributed by atoms with van der Waals surface area (Å²) in [7, 11) is 1.68. The van der Waals surface area contributed by atoms with E-state index in [0.717, 1.165) is 24.3 Å². The Morgan fingerprint density at radius 3 is 2.67 bits per heavy atom. The van der Waals surface area contributed by atoms with E-state index in [0.29, 0.717) is 5.75 Å². The molecule has 1 unspecified atom stereocenters. The zero-order valence-corrected chi connectivity index (χ0v) is 14.6. The maximum Gasteiger partial charge on any atom is 0.234 e. The summed E-state index contributed by atoms with van der Waals surface area (Å²) < 4.78 is 5.27. The smallest absolute Gasteiger partial charge is 0.234 e. The highest BCUT2D eigenvalue weighted by atomic mass is 32.2. The van der Waals surface area contributed by atoms with E-state index in [4.69, 9.17) is 4.74 Å². The van der Waals surface area contributed by atoms with Crippen LogP contribution < -0.4 is 10.1 Å². The van der Waals surface area contributed by atoms with Crippen molar-refractivity contribution in [1.29, 1.82) is 0 Å². The summed E-state index contributed by atoms with van der Waals surface area (Å²) in [4.78, 5) is 12.3. The molecule has 0 fully saturated rings. The molecule has 2 aromatic rings. The molecule has 4 rings (SSSR count). The van der Waals surface area contributed by atoms with Gasteiger partial charge >= 0.3 is 0 Å². The number of fused-ring (bicyclic) bond motifs is 3. The van der Waals surface area contributed by atoms with Crippen molar-refractivity contribution < 1.29 is 9.53 Å². The van der Waals surface area contributed by atoms with Gasteiger partial charge in [0.05, 0.1) is 18.1 Å². The number of nitrogens with one attached hydrogen (secondary N) is 1. The molecule has 3 nitrogen and oxygen atoms in total. The molecule has 24 heavy (non-hydrogen) atoms. The average molecular weight is 339 g/mol. The molecular formula is C20H21NO2S. The van der Waals surface area contributed by atoms with Gasteiger partial charge < -0.3 is 10.1 Å². The number of carbonyl (C=O) groups is 1. The van der Waals surface area contributed by atoms with E-state index in [1.165, 1.54) is 35.1 Å². The SMILES string of the molecule is COc1ccc(C2SCC(=O)Nc3c2ccc2c3CCCC2)cc1. The number of ether oxygens (including phenoxy) is 1. The molecule has 0 aromatic heterocycles. The second-order valence-corrected chi connectivity index (χ2v) is 7.48. The zero-order chi connectivity index (χ0) is 16.5. The lowest BCUT2D eigenvalue weighted by atomic mass is 9.87. The lowest BCUT2D eigenvalue weighted by molar-refractivity contribution is -0.113. The molecule has 124 valence electrons. The predicted octanol–water partition coefficient (Wildman–Crippen LogP) is 4.35. The summed E-state index contributed by atoms with van der Waals surface area (Å²) in [6.45, 7) is 0. The van der Waals surface area contributed by atoms with E-state index in [-0.39, 0.29) is 11.2 Å². The van der Waals surface area contributed by atoms with Gasteiger partial charge in [0.2, 0.25) is 5.91 Å². The Hall–Kier alpha value is -1.94. The van der Waals surface area contributed by atoms with Gasteiger partial charge in [-0.1, -0.05) is 24.3 Å². The van der Waals surface area contributed by atoms with Crippen molar-refractivity contribution >= 4 is 23.4 Å². The first-order chi connectivity index (χ1) is 11.8. The van der Waals surface area contributed by atoms with Crippen LogP contribution in [0.2, 0.25) is 0 Å². The molecule has 0 radical (unpaired) electrons. The average Bonchev–Trinajstić information content (AvgIpc) is 2.80. The third-order valence-electron chi connectivity index (χ3n) is 4.91. The van der Waals surface area contributed by atoms with Crippen molar-refractivity contribution in [3.05, 3.63) is 58.7 Å². The molecule has 1 aliphatic carbocycles. The van der Waals surface area contributed by atoms with Crippen molar-refractivity contribution in [1.82, 2.24) is 0 Å². The fraction of sp³-hybridized carbons (Fsp3) is 0.350. The van der Waals surface area contributed by atoms with E-state index in [9.17, 15) is 4.79 Å². The van der Waals surface area contributed by atoms with E-state index >= 15 is 0 Å². The Bertz CT molecular complexity index is 770. The van der Waals surface area contributed by atoms with Crippen LogP contribution in [0.5, 0.6) is 5.75 Å². The lowest BCUT2D eigenvalue weighted by Crippen LogP contribution is -2.16. The number of hydrogen-bond acceptors (Lipinski definition) is 3. The fourth-order valence-corrected chi connectivity index (χ4v) is 4.81. The molecule has 1 aliphatic heterocycles. The topological polar surface area (TPSA) is 38.3 Å². The van der Waals surface area contributed by atoms with Gasteiger partial charge in [0.25, 0.3) is 0 Å². The number of aryl methyl sites for hydroxylation is 1. The maximum atomic E-state index is 12.3. The molecule has 1 amide bonds. The van der Waals surface area contributed by atoms with Gasteiger partial charge in [-0.2, -0.15) is 0 Å². The number of anilines is 1. The molecule has 1 heterocycles. The predicted molar refractivity (Wildman–Crippen MR) is 99.0 cm³/mol. The quantitative estimate of drug-likeness (QED) is 0.884. The van der Waals surface area contributed by atoms with Crippen molar-refractivity contribution in [2.45, 2.75) is 30.9 Å². The van der Waals surface area contributed by atoms with Crippen LogP contribution in [0.15, 0.2) is 36.4 Å². The van der Waals surface area contributed by atoms with Gasteiger partial charge in [-0.25, -0.2) is 0 Å². The van der Waals surface area contributed by atoms with Crippen molar-refractivity contribution in [3.63, 3.8) is 0 Å². The Balaban J connectivity index is 1.81. The molecule has 0 spiro atoms. The molecular weight excluding hydrogens is 318 g/mol. The Morgan fingerprint density at radius 2 is 1.88 bits per heavy atom. The van der Waals surface area contributed by atoms with Gasteiger partial charge in [0.15, 0.2) is 0 Å². The monoisotopic (exact) mass is 339 g/mol. The van der Waals surface area contributed by atoms with Crippen LogP contribution in [0.3, 0.4) is 0 Å². The first kappa shape index (κ1) is 15.6. The largest absolute Gasteiger partial charge is 0.497 e. The van der Waals surface area contributed by atoms with E-state index in [1.54, 1.807) is 18.9 Å². The first-order valence-corrected chi connectivity index (χ1v) is 9.51. The van der Waals surface area contributed by atoms with Gasteiger partial charge in [-0.15, -0.1) is 11.8 Å². The van der Waals surface area contributed by atoms with Crippen LogP contribution in [-0.4, -0.2) is 18.8 Å². The van der Waals surface area contributed by atoms with Crippen LogP contribution >= 0.6 is 11.8 Å². The van der Waals surface area contributed by atoms with Crippen LogP contribution in [0.4, 0.5) is 5.69 Å². The molecule has 2 aromatic carbocycles. The summed E-state index contributed by atoms with van der Waals surface area (Å²) in [6, 6.07) is 12.7. The van der Waals surface area contributed by atoms with Crippen molar-refractivity contribution in [3.8, 4) is 5.75 Å². The molecule has 0 bridgehead atoms. The zero-order valence-electron chi connectivity index (χ0n) is 13.8. The van der Waals surface area contributed by atoms with E-state index in [1.807, 2.05) is 12.1 Å². The third kappa shape index (κ3) is 2.80. The van der Waals surface area contributed by atoms with Crippen molar-refractivity contribution in [2.75, 3.05) is 18.2 Å². The number of benzene rings is 2. The highest BCUT2D eigenvalue weighted by molar-refractivity contribution is 8.00. The molecule has 0 saturated heterocycles.